The first kappa shape index (κ1) is 20.7. The van der Waals surface area contributed by atoms with Crippen LogP contribution in [0.2, 0.25) is 0 Å². The Morgan fingerprint density at radius 3 is 2.42 bits per heavy atom. The number of rotatable bonds is 4. The number of nitriles is 1. The van der Waals surface area contributed by atoms with Gasteiger partial charge in [-0.15, -0.1) is 0 Å². The largest absolute Gasteiger partial charge is 0.485 e. The van der Waals surface area contributed by atoms with Crippen LogP contribution in [0, 0.1) is 11.3 Å². The quantitative estimate of drug-likeness (QED) is 0.812. The highest BCUT2D eigenvalue weighted by atomic mass is 16.6. The standard InChI is InChI=1S/C23H24N4O4/c1-16(22(28)25-18-8-6-17(14-24)7-9-18)26-10-12-27(13-11-26)23(29)21-15-30-19-4-2-3-5-20(19)31-21/h2-9,16,21H,10-13,15H2,1H3,(H,25,28)/t16-,21-/m1/s1. The first-order valence-corrected chi connectivity index (χ1v) is 10.3. The number of hydrogen-bond donors (Lipinski definition) is 1. The zero-order chi connectivity index (χ0) is 21.8. The summed E-state index contributed by atoms with van der Waals surface area (Å²) in [7, 11) is 0. The highest BCUT2D eigenvalue weighted by Crippen LogP contribution is 2.31. The van der Waals surface area contributed by atoms with E-state index in [1.54, 1.807) is 35.2 Å². The predicted molar refractivity (Wildman–Crippen MR) is 114 cm³/mol. The monoisotopic (exact) mass is 420 g/mol. The Morgan fingerprint density at radius 1 is 1.06 bits per heavy atom. The van der Waals surface area contributed by atoms with Crippen molar-refractivity contribution in [1.29, 1.82) is 5.26 Å². The van der Waals surface area contributed by atoms with Gasteiger partial charge in [-0.05, 0) is 43.3 Å². The van der Waals surface area contributed by atoms with E-state index in [4.69, 9.17) is 14.7 Å². The van der Waals surface area contributed by atoms with E-state index in [1.165, 1.54) is 0 Å². The summed E-state index contributed by atoms with van der Waals surface area (Å²) in [5, 5.41) is 11.7. The number of carbonyl (C=O) groups is 2. The lowest BCUT2D eigenvalue weighted by molar-refractivity contribution is -0.143. The minimum atomic E-state index is -0.654. The Morgan fingerprint density at radius 2 is 1.74 bits per heavy atom. The molecule has 0 unspecified atom stereocenters. The van der Waals surface area contributed by atoms with Gasteiger partial charge in [-0.3, -0.25) is 14.5 Å². The Balaban J connectivity index is 1.28. The molecule has 1 N–H and O–H groups in total. The van der Waals surface area contributed by atoms with Gasteiger partial charge in [0.25, 0.3) is 5.91 Å². The third-order valence-corrected chi connectivity index (χ3v) is 5.62. The number of carbonyl (C=O) groups excluding carboxylic acids is 2. The van der Waals surface area contributed by atoms with E-state index in [2.05, 4.69) is 16.3 Å². The number of fused-ring (bicyclic) bond motifs is 1. The van der Waals surface area contributed by atoms with Crippen molar-refractivity contribution in [3.63, 3.8) is 0 Å². The lowest BCUT2D eigenvalue weighted by atomic mass is 10.1. The number of ether oxygens (including phenoxy) is 2. The molecule has 0 aromatic heterocycles. The van der Waals surface area contributed by atoms with Crippen LogP contribution >= 0.6 is 0 Å². The molecule has 31 heavy (non-hydrogen) atoms. The zero-order valence-corrected chi connectivity index (χ0v) is 17.3. The molecular formula is C23H24N4O4. The van der Waals surface area contributed by atoms with Crippen LogP contribution < -0.4 is 14.8 Å². The highest BCUT2D eigenvalue weighted by molar-refractivity contribution is 5.94. The molecule has 2 aliphatic rings. The smallest absolute Gasteiger partial charge is 0.267 e. The molecule has 2 aromatic carbocycles. The first-order chi connectivity index (χ1) is 15.0. The summed E-state index contributed by atoms with van der Waals surface area (Å²) >= 11 is 0. The molecule has 8 nitrogen and oxygen atoms in total. The lowest BCUT2D eigenvalue weighted by Gasteiger charge is -2.39. The van der Waals surface area contributed by atoms with Gasteiger partial charge in [0.1, 0.15) is 6.61 Å². The van der Waals surface area contributed by atoms with Crippen LogP contribution in [0.4, 0.5) is 5.69 Å². The van der Waals surface area contributed by atoms with Crippen LogP contribution in [-0.2, 0) is 9.59 Å². The van der Waals surface area contributed by atoms with Gasteiger partial charge in [0.15, 0.2) is 11.5 Å². The molecule has 2 aromatic rings. The maximum atomic E-state index is 12.9. The topological polar surface area (TPSA) is 94.9 Å². The van der Waals surface area contributed by atoms with Gasteiger partial charge < -0.3 is 19.7 Å². The maximum absolute atomic E-state index is 12.9. The summed E-state index contributed by atoms with van der Waals surface area (Å²) in [6, 6.07) is 15.8. The number of piperazine rings is 1. The fourth-order valence-corrected chi connectivity index (χ4v) is 3.72. The Labute approximate surface area is 181 Å². The average molecular weight is 420 g/mol. The van der Waals surface area contributed by atoms with E-state index in [1.807, 2.05) is 25.1 Å². The summed E-state index contributed by atoms with van der Waals surface area (Å²) in [6.45, 7) is 4.28. The minimum Gasteiger partial charge on any atom is -0.485 e. The molecular weight excluding hydrogens is 396 g/mol. The second-order valence-corrected chi connectivity index (χ2v) is 7.58. The minimum absolute atomic E-state index is 0.0937. The number of anilines is 1. The van der Waals surface area contributed by atoms with Crippen molar-refractivity contribution in [2.45, 2.75) is 19.1 Å². The van der Waals surface area contributed by atoms with E-state index < -0.39 is 6.10 Å². The molecule has 0 spiro atoms. The van der Waals surface area contributed by atoms with Crippen molar-refractivity contribution >= 4 is 17.5 Å². The number of amides is 2. The summed E-state index contributed by atoms with van der Waals surface area (Å²) < 4.78 is 11.5. The van der Waals surface area contributed by atoms with Gasteiger partial charge in [-0.1, -0.05) is 12.1 Å². The molecule has 0 aliphatic carbocycles. The number of para-hydroxylation sites is 2. The van der Waals surface area contributed by atoms with Crippen molar-refractivity contribution in [2.24, 2.45) is 0 Å². The van der Waals surface area contributed by atoms with Crippen LogP contribution in [0.25, 0.3) is 0 Å². The number of nitrogens with zero attached hydrogens (tertiary/aromatic N) is 3. The molecule has 0 radical (unpaired) electrons. The van der Waals surface area contributed by atoms with Crippen molar-refractivity contribution in [3.05, 3.63) is 54.1 Å². The maximum Gasteiger partial charge on any atom is 0.267 e. The number of hydrogen-bond acceptors (Lipinski definition) is 6. The summed E-state index contributed by atoms with van der Waals surface area (Å²) in [5.41, 5.74) is 1.20. The third-order valence-electron chi connectivity index (χ3n) is 5.62. The van der Waals surface area contributed by atoms with Crippen LogP contribution in [-0.4, -0.2) is 66.5 Å². The van der Waals surface area contributed by atoms with Crippen LogP contribution in [0.3, 0.4) is 0 Å². The predicted octanol–water partition coefficient (Wildman–Crippen LogP) is 1.87. The van der Waals surface area contributed by atoms with Crippen LogP contribution in [0.1, 0.15) is 12.5 Å². The molecule has 2 heterocycles. The van der Waals surface area contributed by atoms with E-state index >= 15 is 0 Å². The SMILES string of the molecule is C[C@H](C(=O)Nc1ccc(C#N)cc1)N1CCN(C(=O)[C@H]2COc3ccccc3O2)CC1. The van der Waals surface area contributed by atoms with Gasteiger partial charge in [0, 0.05) is 31.9 Å². The van der Waals surface area contributed by atoms with Gasteiger partial charge in [0.05, 0.1) is 17.7 Å². The zero-order valence-electron chi connectivity index (χ0n) is 17.3. The van der Waals surface area contributed by atoms with Crippen molar-refractivity contribution in [2.75, 3.05) is 38.1 Å². The number of nitrogens with one attached hydrogen (secondary N) is 1. The van der Waals surface area contributed by atoms with Gasteiger partial charge >= 0.3 is 0 Å². The summed E-state index contributed by atoms with van der Waals surface area (Å²) in [4.78, 5) is 29.3. The van der Waals surface area contributed by atoms with Gasteiger partial charge in [-0.2, -0.15) is 5.26 Å². The summed E-state index contributed by atoms with van der Waals surface area (Å²) in [6.07, 6.45) is -0.654. The molecule has 2 aliphatic heterocycles. The fourth-order valence-electron chi connectivity index (χ4n) is 3.72. The molecule has 2 amide bonds. The molecule has 160 valence electrons. The van der Waals surface area contributed by atoms with Crippen LogP contribution in [0.5, 0.6) is 11.5 Å². The molecule has 2 atom stereocenters. The molecule has 4 rings (SSSR count). The van der Waals surface area contributed by atoms with E-state index in [-0.39, 0.29) is 24.5 Å². The Bertz CT molecular complexity index is 993. The Kier molecular flexibility index (Phi) is 6.05. The third kappa shape index (κ3) is 4.62. The number of benzene rings is 2. The van der Waals surface area contributed by atoms with E-state index in [0.29, 0.717) is 48.9 Å². The van der Waals surface area contributed by atoms with Gasteiger partial charge in [-0.25, -0.2) is 0 Å². The van der Waals surface area contributed by atoms with Crippen LogP contribution in [0.15, 0.2) is 48.5 Å². The molecule has 1 fully saturated rings. The molecule has 0 bridgehead atoms. The lowest BCUT2D eigenvalue weighted by Crippen LogP contribution is -2.57. The van der Waals surface area contributed by atoms with E-state index in [0.717, 1.165) is 0 Å². The second kappa shape index (κ2) is 9.06. The normalized spacial score (nSPS) is 19.2. The summed E-state index contributed by atoms with van der Waals surface area (Å²) in [5.74, 6) is 1.02. The van der Waals surface area contributed by atoms with Crippen molar-refractivity contribution in [1.82, 2.24) is 9.80 Å². The van der Waals surface area contributed by atoms with Gasteiger partial charge in [0.2, 0.25) is 12.0 Å². The average Bonchev–Trinajstić information content (AvgIpc) is 2.83. The molecule has 8 heteroatoms. The first-order valence-electron chi connectivity index (χ1n) is 10.3. The van der Waals surface area contributed by atoms with Crippen molar-refractivity contribution < 1.29 is 19.1 Å². The van der Waals surface area contributed by atoms with Crippen molar-refractivity contribution in [3.8, 4) is 17.6 Å². The Hall–Kier alpha value is -3.57. The van der Waals surface area contributed by atoms with E-state index in [9.17, 15) is 9.59 Å². The molecule has 1 saturated heterocycles. The second-order valence-electron chi connectivity index (χ2n) is 7.58. The highest BCUT2D eigenvalue weighted by Gasteiger charge is 2.34. The molecule has 0 saturated carbocycles. The fraction of sp³-hybridized carbons (Fsp3) is 0.348.